The maximum absolute atomic E-state index is 12.2. The molecule has 0 saturated heterocycles. The number of aryl methyl sites for hydroxylation is 2. The van der Waals surface area contributed by atoms with Gasteiger partial charge in [0.1, 0.15) is 5.75 Å². The summed E-state index contributed by atoms with van der Waals surface area (Å²) in [6.07, 6.45) is 10.6. The molecule has 3 heteroatoms. The summed E-state index contributed by atoms with van der Waals surface area (Å²) in [5.41, 5.74) is 3.16. The first-order chi connectivity index (χ1) is 17.1. The van der Waals surface area contributed by atoms with E-state index in [2.05, 4.69) is 57.2 Å². The molecule has 0 saturated carbocycles. The van der Waals surface area contributed by atoms with E-state index in [-0.39, 0.29) is 5.97 Å². The van der Waals surface area contributed by atoms with E-state index in [4.69, 9.17) is 9.47 Å². The van der Waals surface area contributed by atoms with Gasteiger partial charge in [0.25, 0.3) is 0 Å². The average Bonchev–Trinajstić information content (AvgIpc) is 2.90. The molecule has 0 aliphatic rings. The van der Waals surface area contributed by atoms with Crippen molar-refractivity contribution in [2.45, 2.75) is 78.6 Å². The molecule has 0 aliphatic carbocycles. The zero-order valence-electron chi connectivity index (χ0n) is 21.9. The van der Waals surface area contributed by atoms with E-state index >= 15 is 0 Å². The average molecular weight is 475 g/mol. The number of carbonyl (C=O) groups excluding carboxylic acids is 1. The molecule has 1 atom stereocenters. The summed E-state index contributed by atoms with van der Waals surface area (Å²) in [6.45, 7) is 7.72. The summed E-state index contributed by atoms with van der Waals surface area (Å²) in [7, 11) is 0. The van der Waals surface area contributed by atoms with Crippen LogP contribution in [0.3, 0.4) is 0 Å². The fourth-order valence-electron chi connectivity index (χ4n) is 4.11. The highest BCUT2D eigenvalue weighted by atomic mass is 16.5. The van der Waals surface area contributed by atoms with Crippen LogP contribution >= 0.6 is 0 Å². The number of unbranched alkanes of at least 4 members (excludes halogenated alkanes) is 5. The standard InChI is InChI=1S/C32H42O3/c1-4-6-7-8-9-10-21-34-31-20-19-29-22-27(15-18-30(29)23-31)12-11-26-13-16-28(17-14-26)32(33)35-24-25(3)5-2/h13-20,22-23,25H,4-12,21,24H2,1-3H3/t25-/m1/s1. The van der Waals surface area contributed by atoms with Crippen LogP contribution in [0.1, 0.15) is 87.2 Å². The Kier molecular flexibility index (Phi) is 11.1. The maximum Gasteiger partial charge on any atom is 0.338 e. The molecule has 0 aromatic heterocycles. The van der Waals surface area contributed by atoms with Gasteiger partial charge in [0.05, 0.1) is 18.8 Å². The Morgan fingerprint density at radius 1 is 0.771 bits per heavy atom. The Morgan fingerprint density at radius 3 is 2.20 bits per heavy atom. The van der Waals surface area contributed by atoms with E-state index in [1.165, 1.54) is 54.0 Å². The van der Waals surface area contributed by atoms with Crippen LogP contribution in [-0.2, 0) is 17.6 Å². The molecule has 35 heavy (non-hydrogen) atoms. The molecule has 0 heterocycles. The van der Waals surface area contributed by atoms with E-state index in [0.717, 1.165) is 38.0 Å². The second-order valence-corrected chi connectivity index (χ2v) is 9.77. The molecule has 188 valence electrons. The zero-order valence-corrected chi connectivity index (χ0v) is 21.9. The second-order valence-electron chi connectivity index (χ2n) is 9.77. The Balaban J connectivity index is 1.46. The quantitative estimate of drug-likeness (QED) is 0.163. The van der Waals surface area contributed by atoms with Crippen LogP contribution in [-0.4, -0.2) is 19.2 Å². The second kappa shape index (κ2) is 14.6. The normalized spacial score (nSPS) is 12.0. The van der Waals surface area contributed by atoms with Crippen molar-refractivity contribution >= 4 is 16.7 Å². The highest BCUT2D eigenvalue weighted by Gasteiger charge is 2.09. The summed E-state index contributed by atoms with van der Waals surface area (Å²) in [5.74, 6) is 1.12. The predicted molar refractivity (Wildman–Crippen MR) is 146 cm³/mol. The van der Waals surface area contributed by atoms with Gasteiger partial charge >= 0.3 is 5.97 Å². The first kappa shape index (κ1) is 26.8. The van der Waals surface area contributed by atoms with Gasteiger partial charge in [-0.05, 0) is 71.3 Å². The summed E-state index contributed by atoms with van der Waals surface area (Å²) >= 11 is 0. The lowest BCUT2D eigenvalue weighted by Gasteiger charge is -2.10. The lowest BCUT2D eigenvalue weighted by molar-refractivity contribution is 0.0447. The van der Waals surface area contributed by atoms with Gasteiger partial charge in [0, 0.05) is 0 Å². The molecular weight excluding hydrogens is 432 g/mol. The molecule has 3 aromatic rings. The minimum absolute atomic E-state index is 0.235. The third-order valence-corrected chi connectivity index (χ3v) is 6.73. The predicted octanol–water partition coefficient (Wildman–Crippen LogP) is 8.57. The monoisotopic (exact) mass is 474 g/mol. The first-order valence-electron chi connectivity index (χ1n) is 13.5. The number of ether oxygens (including phenoxy) is 2. The molecule has 0 bridgehead atoms. The third kappa shape index (κ3) is 9.05. The SMILES string of the molecule is CCCCCCCCOc1ccc2cc(CCc3ccc(C(=O)OC[C@H](C)CC)cc3)ccc2c1. The number of hydrogen-bond acceptors (Lipinski definition) is 3. The van der Waals surface area contributed by atoms with Gasteiger partial charge in [0.2, 0.25) is 0 Å². The van der Waals surface area contributed by atoms with Crippen molar-refractivity contribution in [3.05, 3.63) is 77.4 Å². The summed E-state index contributed by atoms with van der Waals surface area (Å²) in [5, 5.41) is 2.46. The van der Waals surface area contributed by atoms with Crippen LogP contribution in [0.4, 0.5) is 0 Å². The Morgan fingerprint density at radius 2 is 1.43 bits per heavy atom. The number of esters is 1. The van der Waals surface area contributed by atoms with Crippen LogP contribution in [0.5, 0.6) is 5.75 Å². The van der Waals surface area contributed by atoms with Crippen molar-refractivity contribution in [2.75, 3.05) is 13.2 Å². The highest BCUT2D eigenvalue weighted by Crippen LogP contribution is 2.23. The lowest BCUT2D eigenvalue weighted by Crippen LogP contribution is -2.11. The smallest absolute Gasteiger partial charge is 0.338 e. The van der Waals surface area contributed by atoms with Gasteiger partial charge in [-0.15, -0.1) is 0 Å². The summed E-state index contributed by atoms with van der Waals surface area (Å²) in [4.78, 5) is 12.2. The Bertz CT molecular complexity index is 1040. The Hall–Kier alpha value is -2.81. The zero-order chi connectivity index (χ0) is 24.9. The van der Waals surface area contributed by atoms with Crippen LogP contribution in [0.15, 0.2) is 60.7 Å². The van der Waals surface area contributed by atoms with E-state index in [0.29, 0.717) is 18.1 Å². The fourth-order valence-corrected chi connectivity index (χ4v) is 4.11. The maximum atomic E-state index is 12.2. The van der Waals surface area contributed by atoms with Gasteiger partial charge in [-0.2, -0.15) is 0 Å². The van der Waals surface area contributed by atoms with E-state index in [9.17, 15) is 4.79 Å². The van der Waals surface area contributed by atoms with E-state index in [1.54, 1.807) is 0 Å². The lowest BCUT2D eigenvalue weighted by atomic mass is 10.0. The minimum atomic E-state index is -0.235. The minimum Gasteiger partial charge on any atom is -0.494 e. The molecule has 3 rings (SSSR count). The van der Waals surface area contributed by atoms with E-state index < -0.39 is 0 Å². The largest absolute Gasteiger partial charge is 0.494 e. The molecule has 0 spiro atoms. The van der Waals surface area contributed by atoms with Crippen LogP contribution in [0.25, 0.3) is 10.8 Å². The third-order valence-electron chi connectivity index (χ3n) is 6.73. The van der Waals surface area contributed by atoms with Gasteiger partial charge in [-0.25, -0.2) is 4.79 Å². The topological polar surface area (TPSA) is 35.5 Å². The number of carbonyl (C=O) groups is 1. The van der Waals surface area contributed by atoms with Crippen molar-refractivity contribution in [1.82, 2.24) is 0 Å². The van der Waals surface area contributed by atoms with Gasteiger partial charge < -0.3 is 9.47 Å². The number of hydrogen-bond donors (Lipinski definition) is 0. The molecule has 3 aromatic carbocycles. The molecule has 0 aliphatic heterocycles. The fraction of sp³-hybridized carbons (Fsp3) is 0.469. The van der Waals surface area contributed by atoms with Crippen molar-refractivity contribution < 1.29 is 14.3 Å². The molecule has 3 nitrogen and oxygen atoms in total. The summed E-state index contributed by atoms with van der Waals surface area (Å²) < 4.78 is 11.4. The van der Waals surface area contributed by atoms with Gasteiger partial charge in [0.15, 0.2) is 0 Å². The van der Waals surface area contributed by atoms with Crippen molar-refractivity contribution in [2.24, 2.45) is 5.92 Å². The van der Waals surface area contributed by atoms with Crippen molar-refractivity contribution in [3.63, 3.8) is 0 Å². The number of rotatable bonds is 15. The molecule has 0 amide bonds. The highest BCUT2D eigenvalue weighted by molar-refractivity contribution is 5.89. The first-order valence-corrected chi connectivity index (χ1v) is 13.5. The molecule has 0 N–H and O–H groups in total. The van der Waals surface area contributed by atoms with Crippen LogP contribution < -0.4 is 4.74 Å². The van der Waals surface area contributed by atoms with Crippen LogP contribution in [0.2, 0.25) is 0 Å². The Labute approximate surface area is 211 Å². The molecular formula is C32H42O3. The molecule has 0 unspecified atom stereocenters. The van der Waals surface area contributed by atoms with Crippen LogP contribution in [0, 0.1) is 5.92 Å². The number of benzene rings is 3. The summed E-state index contributed by atoms with van der Waals surface area (Å²) in [6, 6.07) is 20.9. The molecule has 0 radical (unpaired) electrons. The van der Waals surface area contributed by atoms with Crippen molar-refractivity contribution in [3.8, 4) is 5.75 Å². The van der Waals surface area contributed by atoms with Gasteiger partial charge in [-0.3, -0.25) is 0 Å². The van der Waals surface area contributed by atoms with Crippen molar-refractivity contribution in [1.29, 1.82) is 0 Å². The van der Waals surface area contributed by atoms with Gasteiger partial charge in [-0.1, -0.05) is 95.7 Å². The number of fused-ring (bicyclic) bond motifs is 1. The van der Waals surface area contributed by atoms with E-state index in [1.807, 2.05) is 24.3 Å². The molecule has 0 fully saturated rings.